The van der Waals surface area contributed by atoms with Gasteiger partial charge in [-0.15, -0.1) is 0 Å². The lowest BCUT2D eigenvalue weighted by molar-refractivity contribution is -0.0587. The molecule has 6 nitrogen and oxygen atoms in total. The van der Waals surface area contributed by atoms with Gasteiger partial charge in [-0.2, -0.15) is 5.10 Å². The number of carbonyl (C=O) groups excluding carboxylic acids is 1. The van der Waals surface area contributed by atoms with Crippen LogP contribution in [0.1, 0.15) is 24.3 Å². The Kier molecular flexibility index (Phi) is 5.06. The first-order valence-corrected chi connectivity index (χ1v) is 8.26. The molecule has 1 aliphatic rings. The highest BCUT2D eigenvalue weighted by Gasteiger charge is 2.27. The second-order valence-electron chi connectivity index (χ2n) is 5.91. The van der Waals surface area contributed by atoms with Crippen molar-refractivity contribution in [3.05, 3.63) is 47.2 Å². The highest BCUT2D eigenvalue weighted by atomic mass is 35.5. The Morgan fingerprint density at radius 3 is 2.71 bits per heavy atom. The van der Waals surface area contributed by atoms with Crippen molar-refractivity contribution in [3.8, 4) is 5.75 Å². The van der Waals surface area contributed by atoms with Crippen LogP contribution in [0.2, 0.25) is 5.02 Å². The molecule has 3 rings (SSSR count). The predicted octanol–water partition coefficient (Wildman–Crippen LogP) is 2.82. The number of benzene rings is 1. The highest BCUT2D eigenvalue weighted by Crippen LogP contribution is 2.23. The number of amides is 1. The standard InChI is InChI=1S/C17H20ClN3O3/c1-12-9-20(10-13(2)24-12)17(22)15-7-8-21(19-15)11-23-16-6-4-3-5-14(16)18/h3-8,12-13H,9-11H2,1-2H3. The molecule has 0 bridgehead atoms. The second-order valence-corrected chi connectivity index (χ2v) is 6.32. The van der Waals surface area contributed by atoms with Gasteiger partial charge in [0, 0.05) is 19.3 Å². The van der Waals surface area contributed by atoms with Crippen LogP contribution in [-0.2, 0) is 11.5 Å². The van der Waals surface area contributed by atoms with Crippen LogP contribution in [0, 0.1) is 0 Å². The summed E-state index contributed by atoms with van der Waals surface area (Å²) >= 11 is 6.05. The molecule has 128 valence electrons. The van der Waals surface area contributed by atoms with Crippen molar-refractivity contribution in [3.63, 3.8) is 0 Å². The summed E-state index contributed by atoms with van der Waals surface area (Å²) < 4.78 is 12.8. The zero-order valence-electron chi connectivity index (χ0n) is 13.7. The lowest BCUT2D eigenvalue weighted by atomic mass is 10.2. The van der Waals surface area contributed by atoms with Crippen molar-refractivity contribution >= 4 is 17.5 Å². The molecule has 1 aromatic carbocycles. The maximum Gasteiger partial charge on any atom is 0.274 e. The summed E-state index contributed by atoms with van der Waals surface area (Å²) in [5.41, 5.74) is 0.402. The normalized spacial score (nSPS) is 20.9. The van der Waals surface area contributed by atoms with Crippen LogP contribution in [0.5, 0.6) is 5.75 Å². The van der Waals surface area contributed by atoms with Crippen molar-refractivity contribution in [1.29, 1.82) is 0 Å². The van der Waals surface area contributed by atoms with E-state index in [9.17, 15) is 4.79 Å². The highest BCUT2D eigenvalue weighted by molar-refractivity contribution is 6.32. The van der Waals surface area contributed by atoms with Crippen LogP contribution in [-0.4, -0.2) is 45.9 Å². The molecular formula is C17H20ClN3O3. The van der Waals surface area contributed by atoms with Crippen LogP contribution < -0.4 is 4.74 Å². The summed E-state index contributed by atoms with van der Waals surface area (Å²) in [5, 5.41) is 4.84. The van der Waals surface area contributed by atoms with Gasteiger partial charge in [0.15, 0.2) is 12.4 Å². The van der Waals surface area contributed by atoms with E-state index in [4.69, 9.17) is 21.1 Å². The Hall–Kier alpha value is -2.05. The van der Waals surface area contributed by atoms with Crippen molar-refractivity contribution in [2.45, 2.75) is 32.8 Å². The second kappa shape index (κ2) is 7.23. The van der Waals surface area contributed by atoms with Gasteiger partial charge >= 0.3 is 0 Å². The zero-order valence-corrected chi connectivity index (χ0v) is 14.4. The van der Waals surface area contributed by atoms with Gasteiger partial charge in [-0.3, -0.25) is 4.79 Å². The lowest BCUT2D eigenvalue weighted by Gasteiger charge is -2.34. The van der Waals surface area contributed by atoms with Gasteiger partial charge in [-0.25, -0.2) is 4.68 Å². The van der Waals surface area contributed by atoms with E-state index < -0.39 is 0 Å². The number of hydrogen-bond acceptors (Lipinski definition) is 4. The number of morpholine rings is 1. The number of hydrogen-bond donors (Lipinski definition) is 0. The van der Waals surface area contributed by atoms with Crippen LogP contribution in [0.3, 0.4) is 0 Å². The van der Waals surface area contributed by atoms with E-state index in [1.54, 1.807) is 34.0 Å². The molecule has 1 aromatic heterocycles. The Labute approximate surface area is 145 Å². The third-order valence-electron chi connectivity index (χ3n) is 3.76. The van der Waals surface area contributed by atoms with Crippen LogP contribution in [0.25, 0.3) is 0 Å². The quantitative estimate of drug-likeness (QED) is 0.851. The first-order valence-electron chi connectivity index (χ1n) is 7.88. The van der Waals surface area contributed by atoms with E-state index >= 15 is 0 Å². The number of rotatable bonds is 4. The summed E-state index contributed by atoms with van der Waals surface area (Å²) in [7, 11) is 0. The average molecular weight is 350 g/mol. The smallest absolute Gasteiger partial charge is 0.274 e. The minimum absolute atomic E-state index is 0.0309. The molecular weight excluding hydrogens is 330 g/mol. The first-order chi connectivity index (χ1) is 11.5. The Balaban J connectivity index is 1.62. The van der Waals surface area contributed by atoms with Gasteiger partial charge in [0.2, 0.25) is 0 Å². The Morgan fingerprint density at radius 2 is 2.00 bits per heavy atom. The average Bonchev–Trinajstić information content (AvgIpc) is 3.01. The molecule has 7 heteroatoms. The molecule has 24 heavy (non-hydrogen) atoms. The van der Waals surface area contributed by atoms with Crippen LogP contribution in [0.15, 0.2) is 36.5 Å². The van der Waals surface area contributed by atoms with Crippen LogP contribution >= 0.6 is 11.6 Å². The molecule has 0 N–H and O–H groups in total. The topological polar surface area (TPSA) is 56.6 Å². The molecule has 2 atom stereocenters. The maximum atomic E-state index is 12.6. The van der Waals surface area contributed by atoms with Crippen molar-refractivity contribution in [2.24, 2.45) is 0 Å². The van der Waals surface area contributed by atoms with E-state index in [1.807, 2.05) is 26.0 Å². The molecule has 2 heterocycles. The fraction of sp³-hybridized carbons (Fsp3) is 0.412. The van der Waals surface area contributed by atoms with Gasteiger partial charge in [0.25, 0.3) is 5.91 Å². The summed E-state index contributed by atoms with van der Waals surface area (Å²) in [4.78, 5) is 14.3. The third-order valence-corrected chi connectivity index (χ3v) is 4.07. The van der Waals surface area contributed by atoms with Gasteiger partial charge in [0.1, 0.15) is 5.75 Å². The number of ether oxygens (including phenoxy) is 2. The molecule has 0 saturated carbocycles. The summed E-state index contributed by atoms with van der Waals surface area (Å²) in [6, 6.07) is 8.93. The molecule has 1 saturated heterocycles. The zero-order chi connectivity index (χ0) is 17.1. The molecule has 1 aliphatic heterocycles. The van der Waals surface area contributed by atoms with E-state index in [1.165, 1.54) is 0 Å². The molecule has 0 aliphatic carbocycles. The summed E-state index contributed by atoms with van der Waals surface area (Å²) in [6.45, 7) is 5.27. The van der Waals surface area contributed by atoms with E-state index in [0.29, 0.717) is 29.6 Å². The number of halogens is 1. The van der Waals surface area contributed by atoms with Gasteiger partial charge < -0.3 is 14.4 Å². The monoisotopic (exact) mass is 349 g/mol. The fourth-order valence-corrected chi connectivity index (χ4v) is 2.94. The maximum absolute atomic E-state index is 12.6. The van der Waals surface area contributed by atoms with E-state index in [-0.39, 0.29) is 24.8 Å². The number of aromatic nitrogens is 2. The van der Waals surface area contributed by atoms with Gasteiger partial charge in [-0.1, -0.05) is 23.7 Å². The predicted molar refractivity (Wildman–Crippen MR) is 90.2 cm³/mol. The van der Waals surface area contributed by atoms with E-state index in [2.05, 4.69) is 5.10 Å². The number of para-hydroxylation sites is 1. The number of nitrogens with zero attached hydrogens (tertiary/aromatic N) is 3. The van der Waals surface area contributed by atoms with Crippen LogP contribution in [0.4, 0.5) is 0 Å². The molecule has 2 aromatic rings. The minimum Gasteiger partial charge on any atom is -0.470 e. The molecule has 0 spiro atoms. The first kappa shape index (κ1) is 16.8. The molecule has 0 radical (unpaired) electrons. The van der Waals surface area contributed by atoms with Gasteiger partial charge in [0.05, 0.1) is 17.2 Å². The molecule has 1 amide bonds. The van der Waals surface area contributed by atoms with Crippen molar-refractivity contribution in [1.82, 2.24) is 14.7 Å². The summed E-state index contributed by atoms with van der Waals surface area (Å²) in [6.07, 6.45) is 1.78. The number of carbonyl (C=O) groups is 1. The molecule has 2 unspecified atom stereocenters. The minimum atomic E-state index is -0.0894. The van der Waals surface area contributed by atoms with Crippen molar-refractivity contribution in [2.75, 3.05) is 13.1 Å². The Morgan fingerprint density at radius 1 is 1.29 bits per heavy atom. The summed E-state index contributed by atoms with van der Waals surface area (Å²) in [5.74, 6) is 0.492. The largest absolute Gasteiger partial charge is 0.470 e. The third kappa shape index (κ3) is 3.88. The molecule has 1 fully saturated rings. The van der Waals surface area contributed by atoms with E-state index in [0.717, 1.165) is 0 Å². The lowest BCUT2D eigenvalue weighted by Crippen LogP contribution is -2.48. The SMILES string of the molecule is CC1CN(C(=O)c2ccn(COc3ccccc3Cl)n2)CC(C)O1. The fourth-order valence-electron chi connectivity index (χ4n) is 2.75. The Bertz CT molecular complexity index is 709. The van der Waals surface area contributed by atoms with Crippen molar-refractivity contribution < 1.29 is 14.3 Å². The van der Waals surface area contributed by atoms with Gasteiger partial charge in [-0.05, 0) is 32.0 Å².